The van der Waals surface area contributed by atoms with Crippen LogP contribution in [0.2, 0.25) is 0 Å². The lowest BCUT2D eigenvalue weighted by molar-refractivity contribution is 0.0846. The van der Waals surface area contributed by atoms with E-state index in [-0.39, 0.29) is 17.7 Å². The van der Waals surface area contributed by atoms with Crippen molar-refractivity contribution >= 4 is 17.5 Å². The van der Waals surface area contributed by atoms with Crippen LogP contribution >= 0.6 is 0 Å². The minimum absolute atomic E-state index is 0.0118. The summed E-state index contributed by atoms with van der Waals surface area (Å²) in [6.45, 7) is 2.30. The number of Topliss-reactive ketones (excluding diaryl/α,β-unsaturated/α-hetero) is 1. The van der Waals surface area contributed by atoms with E-state index in [1.165, 1.54) is 5.56 Å². The lowest BCUT2D eigenvalue weighted by Gasteiger charge is -2.32. The quantitative estimate of drug-likeness (QED) is 0.862. The van der Waals surface area contributed by atoms with Crippen LogP contribution in [0.3, 0.4) is 0 Å². The molecule has 0 spiro atoms. The number of hydrogen-bond donors (Lipinski definition) is 1. The first-order valence-electron chi connectivity index (χ1n) is 8.91. The number of aromatic nitrogens is 1. The Hall–Kier alpha value is -2.73. The molecule has 3 heterocycles. The van der Waals surface area contributed by atoms with Crippen molar-refractivity contribution in [2.75, 3.05) is 18.4 Å². The molecule has 0 aliphatic carbocycles. The van der Waals surface area contributed by atoms with E-state index in [0.717, 1.165) is 24.1 Å². The fraction of sp³-hybridized carbons (Fsp3) is 0.350. The van der Waals surface area contributed by atoms with E-state index >= 15 is 0 Å². The number of fused-ring (bicyclic) bond motifs is 1. The zero-order chi connectivity index (χ0) is 17.9. The van der Waals surface area contributed by atoms with Crippen LogP contribution in [0.4, 0.5) is 10.5 Å². The number of rotatable bonds is 3. The predicted molar refractivity (Wildman–Crippen MR) is 96.8 cm³/mol. The number of ketones is 1. The molecule has 2 aromatic rings. The first-order chi connectivity index (χ1) is 12.7. The van der Waals surface area contributed by atoms with Gasteiger partial charge in [0.1, 0.15) is 5.69 Å². The first-order valence-corrected chi connectivity index (χ1v) is 8.91. The summed E-state index contributed by atoms with van der Waals surface area (Å²) >= 11 is 0. The number of likely N-dealkylation sites (tertiary alicyclic amines) is 1. The molecule has 0 saturated carbocycles. The number of nitrogens with zero attached hydrogens (tertiary/aromatic N) is 2. The molecule has 2 amide bonds. The number of nitrogens with one attached hydrogen (secondary N) is 1. The maximum absolute atomic E-state index is 12.6. The smallest absolute Gasteiger partial charge is 0.321 e. The van der Waals surface area contributed by atoms with E-state index in [2.05, 4.69) is 10.3 Å². The summed E-state index contributed by atoms with van der Waals surface area (Å²) in [7, 11) is 0. The predicted octanol–water partition coefficient (Wildman–Crippen LogP) is 3.24. The van der Waals surface area contributed by atoms with Crippen LogP contribution in [-0.2, 0) is 18.0 Å². The fourth-order valence-electron chi connectivity index (χ4n) is 3.55. The maximum atomic E-state index is 12.6. The molecule has 1 aromatic carbocycles. The van der Waals surface area contributed by atoms with Gasteiger partial charge >= 0.3 is 6.03 Å². The number of pyridine rings is 1. The molecule has 6 heteroatoms. The molecule has 26 heavy (non-hydrogen) atoms. The van der Waals surface area contributed by atoms with Gasteiger partial charge in [-0.3, -0.25) is 9.78 Å². The van der Waals surface area contributed by atoms with Crippen molar-refractivity contribution in [3.05, 3.63) is 59.4 Å². The van der Waals surface area contributed by atoms with Crippen LogP contribution < -0.4 is 5.32 Å². The number of amides is 2. The van der Waals surface area contributed by atoms with Gasteiger partial charge in [-0.1, -0.05) is 12.1 Å². The normalized spacial score (nSPS) is 19.1. The summed E-state index contributed by atoms with van der Waals surface area (Å²) in [5.74, 6) is -0.185. The number of anilines is 1. The molecule has 4 rings (SSSR count). The average molecular weight is 351 g/mol. The molecule has 1 atom stereocenters. The van der Waals surface area contributed by atoms with Gasteiger partial charge in [0.2, 0.25) is 0 Å². The lowest BCUT2D eigenvalue weighted by atomic mass is 9.92. The molecule has 1 N–H and O–H groups in total. The summed E-state index contributed by atoms with van der Waals surface area (Å²) in [5.41, 5.74) is 3.52. The fourth-order valence-corrected chi connectivity index (χ4v) is 3.55. The van der Waals surface area contributed by atoms with Crippen LogP contribution in [0.5, 0.6) is 0 Å². The lowest BCUT2D eigenvalue weighted by Crippen LogP contribution is -2.44. The van der Waals surface area contributed by atoms with Crippen LogP contribution in [0.25, 0.3) is 0 Å². The van der Waals surface area contributed by atoms with Gasteiger partial charge in [-0.05, 0) is 48.2 Å². The minimum Gasteiger partial charge on any atom is -0.372 e. The second-order valence-corrected chi connectivity index (χ2v) is 6.77. The third-order valence-corrected chi connectivity index (χ3v) is 4.97. The molecule has 1 fully saturated rings. The van der Waals surface area contributed by atoms with Gasteiger partial charge in [0.25, 0.3) is 0 Å². The topological polar surface area (TPSA) is 71.5 Å². The van der Waals surface area contributed by atoms with Crippen LogP contribution in [0.15, 0.2) is 42.6 Å². The Bertz CT molecular complexity index is 822. The van der Waals surface area contributed by atoms with E-state index in [4.69, 9.17) is 4.74 Å². The molecule has 0 bridgehead atoms. The SMILES string of the molecule is O=C(c1ccccn1)[C@H]1CCCN(C(=O)Nc2ccc3c(c2)COC3)C1. The van der Waals surface area contributed by atoms with Crippen molar-refractivity contribution in [1.82, 2.24) is 9.88 Å². The zero-order valence-electron chi connectivity index (χ0n) is 14.5. The third-order valence-electron chi connectivity index (χ3n) is 4.97. The van der Waals surface area contributed by atoms with Crippen molar-refractivity contribution in [2.45, 2.75) is 26.1 Å². The molecule has 0 unspecified atom stereocenters. The van der Waals surface area contributed by atoms with Crippen molar-refractivity contribution in [2.24, 2.45) is 5.92 Å². The van der Waals surface area contributed by atoms with Gasteiger partial charge in [-0.25, -0.2) is 4.79 Å². The second-order valence-electron chi connectivity index (χ2n) is 6.77. The number of hydrogen-bond acceptors (Lipinski definition) is 4. The average Bonchev–Trinajstić information content (AvgIpc) is 3.16. The summed E-state index contributed by atoms with van der Waals surface area (Å²) in [5, 5.41) is 2.95. The molecule has 1 saturated heterocycles. The highest BCUT2D eigenvalue weighted by atomic mass is 16.5. The third kappa shape index (κ3) is 3.46. The van der Waals surface area contributed by atoms with Gasteiger partial charge in [0.05, 0.1) is 13.2 Å². The second kappa shape index (κ2) is 7.25. The van der Waals surface area contributed by atoms with Crippen LogP contribution in [0.1, 0.15) is 34.5 Å². The molecule has 2 aliphatic rings. The van der Waals surface area contributed by atoms with E-state index in [1.54, 1.807) is 23.2 Å². The first kappa shape index (κ1) is 16.7. The summed E-state index contributed by atoms with van der Waals surface area (Å²) in [6, 6.07) is 11.0. The number of ether oxygens (including phenoxy) is 1. The summed E-state index contributed by atoms with van der Waals surface area (Å²) in [4.78, 5) is 31.1. The monoisotopic (exact) mass is 351 g/mol. The highest BCUT2D eigenvalue weighted by Crippen LogP contribution is 2.24. The van der Waals surface area contributed by atoms with E-state index in [1.807, 2.05) is 24.3 Å². The van der Waals surface area contributed by atoms with Gasteiger partial charge in [-0.2, -0.15) is 0 Å². The van der Waals surface area contributed by atoms with Crippen LogP contribution in [-0.4, -0.2) is 34.8 Å². The van der Waals surface area contributed by atoms with Crippen molar-refractivity contribution < 1.29 is 14.3 Å². The van der Waals surface area contributed by atoms with Gasteiger partial charge in [-0.15, -0.1) is 0 Å². The highest BCUT2D eigenvalue weighted by Gasteiger charge is 2.29. The molecule has 134 valence electrons. The molecule has 2 aliphatic heterocycles. The largest absolute Gasteiger partial charge is 0.372 e. The Kier molecular flexibility index (Phi) is 4.67. The highest BCUT2D eigenvalue weighted by molar-refractivity contribution is 5.97. The Labute approximate surface area is 152 Å². The maximum Gasteiger partial charge on any atom is 0.321 e. The molecule has 1 aromatic heterocycles. The number of urea groups is 1. The van der Waals surface area contributed by atoms with E-state index in [0.29, 0.717) is 32.0 Å². The van der Waals surface area contributed by atoms with E-state index < -0.39 is 0 Å². The number of carbonyl (C=O) groups excluding carboxylic acids is 2. The standard InChI is InChI=1S/C20H21N3O3/c24-19(18-5-1-2-8-21-18)14-4-3-9-23(11-14)20(25)22-17-7-6-15-12-26-13-16(15)10-17/h1-2,5-8,10,14H,3-4,9,11-13H2,(H,22,25)/t14-/m0/s1. The van der Waals surface area contributed by atoms with Crippen LogP contribution in [0, 0.1) is 5.92 Å². The zero-order valence-corrected chi connectivity index (χ0v) is 14.5. The van der Waals surface area contributed by atoms with Crippen molar-refractivity contribution in [3.63, 3.8) is 0 Å². The van der Waals surface area contributed by atoms with Crippen molar-refractivity contribution in [3.8, 4) is 0 Å². The Morgan fingerprint density at radius 1 is 1.15 bits per heavy atom. The van der Waals surface area contributed by atoms with Gasteiger partial charge < -0.3 is 15.0 Å². The summed E-state index contributed by atoms with van der Waals surface area (Å²) in [6.07, 6.45) is 3.22. The number of benzene rings is 1. The van der Waals surface area contributed by atoms with E-state index in [9.17, 15) is 9.59 Å². The number of piperidine rings is 1. The Balaban J connectivity index is 1.41. The molecular formula is C20H21N3O3. The Morgan fingerprint density at radius 2 is 2.04 bits per heavy atom. The van der Waals surface area contributed by atoms with Gasteiger partial charge in [0, 0.05) is 30.9 Å². The minimum atomic E-state index is -0.196. The summed E-state index contributed by atoms with van der Waals surface area (Å²) < 4.78 is 5.41. The molecule has 6 nitrogen and oxygen atoms in total. The van der Waals surface area contributed by atoms with Crippen molar-refractivity contribution in [1.29, 1.82) is 0 Å². The molecule has 0 radical (unpaired) electrons. The molecular weight excluding hydrogens is 330 g/mol. The van der Waals surface area contributed by atoms with Gasteiger partial charge in [0.15, 0.2) is 5.78 Å². The number of carbonyl (C=O) groups is 2. The Morgan fingerprint density at radius 3 is 2.88 bits per heavy atom.